The molecule has 23 heteroatoms. The zero-order valence-corrected chi connectivity index (χ0v) is 33.2. The second-order valence-corrected chi connectivity index (χ2v) is 15.2. The highest BCUT2D eigenvalue weighted by Crippen LogP contribution is 2.53. The van der Waals surface area contributed by atoms with Gasteiger partial charge in [0.2, 0.25) is 11.5 Å². The number of carboxylic acid groups (broad SMARTS) is 4. The summed E-state index contributed by atoms with van der Waals surface area (Å²) in [5.74, 6) is -25.4. The number of carboxylic acids is 4. The van der Waals surface area contributed by atoms with Crippen LogP contribution in [0, 0.1) is 11.8 Å². The van der Waals surface area contributed by atoms with E-state index in [1.807, 2.05) is 0 Å². The highest BCUT2D eigenvalue weighted by Gasteiger charge is 2.48. The number of aliphatic hydroxyl groups excluding tert-OH is 2. The van der Waals surface area contributed by atoms with Crippen molar-refractivity contribution in [1.29, 1.82) is 0 Å². The minimum atomic E-state index is -2.19. The predicted molar refractivity (Wildman–Crippen MR) is 213 cm³/mol. The summed E-state index contributed by atoms with van der Waals surface area (Å²) in [6.45, 7) is -0.593. The highest BCUT2D eigenvalue weighted by molar-refractivity contribution is 6.05. The third kappa shape index (κ3) is 8.15. The third-order valence-corrected chi connectivity index (χ3v) is 11.3. The number of rotatable bonds is 11. The van der Waals surface area contributed by atoms with Crippen LogP contribution in [-0.2, 0) is 33.4 Å². The van der Waals surface area contributed by atoms with E-state index in [1.54, 1.807) is 0 Å². The van der Waals surface area contributed by atoms with Gasteiger partial charge >= 0.3 is 41.4 Å². The molecule has 3 aliphatic rings. The van der Waals surface area contributed by atoms with Crippen LogP contribution in [0.15, 0.2) is 68.9 Å². The van der Waals surface area contributed by atoms with Gasteiger partial charge in [-0.2, -0.15) is 0 Å². The van der Waals surface area contributed by atoms with Crippen molar-refractivity contribution in [2.24, 2.45) is 11.8 Å². The summed E-state index contributed by atoms with van der Waals surface area (Å²) in [4.78, 5) is 91.5. The van der Waals surface area contributed by atoms with E-state index in [0.717, 1.165) is 54.6 Å². The SMILES string of the molecule is O=C(O)C[C@H]1OC[C@H](O)[C@@H](O)[C@H]1OC(=O)C1=Cc2c(cc(O)c(O)c2OC(=O)C2=Cc3cc(O)c(O)cc3[C@@H](c3ccc(C(=O)O)oc3=O)[C@@H]2C(=O)O)[C@H](c2ccc(O)c(O)c2)[C@H]1C(=O)O. The number of hydrogen-bond donors (Lipinski definition) is 12. The molecule has 66 heavy (non-hydrogen) atoms. The molecule has 0 bridgehead atoms. The number of esters is 2. The molecule has 1 saturated heterocycles. The van der Waals surface area contributed by atoms with E-state index in [1.165, 1.54) is 0 Å². The number of aliphatic hydroxyl groups is 2. The quantitative estimate of drug-likeness (QED) is 0.0570. The molecular formula is C43H34O23. The Morgan fingerprint density at radius 1 is 0.667 bits per heavy atom. The van der Waals surface area contributed by atoms with Crippen molar-refractivity contribution in [2.75, 3.05) is 6.61 Å². The van der Waals surface area contributed by atoms with Crippen molar-refractivity contribution in [3.8, 4) is 40.2 Å². The van der Waals surface area contributed by atoms with E-state index in [-0.39, 0.29) is 22.3 Å². The summed E-state index contributed by atoms with van der Waals surface area (Å²) in [6, 6.07) is 7.15. The molecule has 0 saturated carbocycles. The van der Waals surface area contributed by atoms with Crippen molar-refractivity contribution < 1.29 is 109 Å². The molecule has 23 nitrogen and oxygen atoms in total. The Kier molecular flexibility index (Phi) is 11.9. The Balaban J connectivity index is 1.41. The molecule has 8 atom stereocenters. The fourth-order valence-corrected chi connectivity index (χ4v) is 8.24. The minimum Gasteiger partial charge on any atom is -0.504 e. The molecule has 4 aromatic rings. The summed E-state index contributed by atoms with van der Waals surface area (Å²) in [5, 5.41) is 125. The molecule has 3 aromatic carbocycles. The monoisotopic (exact) mass is 918 g/mol. The Bertz CT molecular complexity index is 2870. The van der Waals surface area contributed by atoms with Crippen molar-refractivity contribution in [2.45, 2.75) is 42.7 Å². The largest absolute Gasteiger partial charge is 0.504 e. The van der Waals surface area contributed by atoms with Crippen LogP contribution in [0.1, 0.15) is 62.2 Å². The molecule has 0 amide bonds. The molecule has 344 valence electrons. The maximum atomic E-state index is 14.5. The Morgan fingerprint density at radius 2 is 1.29 bits per heavy atom. The van der Waals surface area contributed by atoms with E-state index in [9.17, 15) is 94.8 Å². The van der Waals surface area contributed by atoms with Crippen LogP contribution in [0.4, 0.5) is 0 Å². The Morgan fingerprint density at radius 3 is 1.91 bits per heavy atom. The lowest BCUT2D eigenvalue weighted by Crippen LogP contribution is -2.55. The number of phenolic OH excluding ortho intramolecular Hbond substituents is 6. The van der Waals surface area contributed by atoms with Gasteiger partial charge in [-0.3, -0.25) is 14.4 Å². The number of fused-ring (bicyclic) bond motifs is 2. The molecule has 0 unspecified atom stereocenters. The van der Waals surface area contributed by atoms with Crippen LogP contribution >= 0.6 is 0 Å². The summed E-state index contributed by atoms with van der Waals surface area (Å²) in [7, 11) is 0. The van der Waals surface area contributed by atoms with Gasteiger partial charge in [0.15, 0.2) is 40.6 Å². The highest BCUT2D eigenvalue weighted by atomic mass is 16.6. The molecule has 7 rings (SSSR count). The van der Waals surface area contributed by atoms with Gasteiger partial charge in [0, 0.05) is 23.0 Å². The van der Waals surface area contributed by atoms with Crippen LogP contribution in [0.25, 0.3) is 12.2 Å². The molecule has 2 heterocycles. The van der Waals surface area contributed by atoms with E-state index < -0.39 is 171 Å². The number of benzene rings is 3. The summed E-state index contributed by atoms with van der Waals surface area (Å²) < 4.78 is 21.2. The first kappa shape index (κ1) is 45.6. The lowest BCUT2D eigenvalue weighted by molar-refractivity contribution is -0.208. The summed E-state index contributed by atoms with van der Waals surface area (Å²) in [6.07, 6.45) is -6.57. The van der Waals surface area contributed by atoms with Gasteiger partial charge < -0.3 is 79.9 Å². The fourth-order valence-electron chi connectivity index (χ4n) is 8.24. The van der Waals surface area contributed by atoms with E-state index >= 15 is 0 Å². The Labute approximate surface area is 366 Å². The molecule has 1 aliphatic heterocycles. The number of aromatic hydroxyl groups is 6. The number of aliphatic carboxylic acids is 3. The van der Waals surface area contributed by atoms with Gasteiger partial charge in [-0.25, -0.2) is 19.2 Å². The first-order valence-corrected chi connectivity index (χ1v) is 19.1. The van der Waals surface area contributed by atoms with Crippen molar-refractivity contribution in [3.63, 3.8) is 0 Å². The first-order chi connectivity index (χ1) is 31.1. The molecule has 1 aromatic heterocycles. The number of phenols is 6. The van der Waals surface area contributed by atoms with Crippen LogP contribution in [-0.4, -0.2) is 128 Å². The smallest absolute Gasteiger partial charge is 0.371 e. The van der Waals surface area contributed by atoms with Crippen molar-refractivity contribution >= 4 is 48.0 Å². The van der Waals surface area contributed by atoms with Gasteiger partial charge in [0.25, 0.3) is 0 Å². The van der Waals surface area contributed by atoms with Crippen LogP contribution in [0.5, 0.6) is 40.2 Å². The van der Waals surface area contributed by atoms with E-state index in [0.29, 0.717) is 6.08 Å². The minimum absolute atomic E-state index is 0.195. The average molecular weight is 919 g/mol. The molecule has 0 spiro atoms. The molecule has 12 N–H and O–H groups in total. The summed E-state index contributed by atoms with van der Waals surface area (Å²) in [5.41, 5.74) is -5.27. The van der Waals surface area contributed by atoms with Gasteiger partial charge in [-0.15, -0.1) is 0 Å². The lowest BCUT2D eigenvalue weighted by Gasteiger charge is -2.38. The lowest BCUT2D eigenvalue weighted by atomic mass is 9.71. The normalized spacial score (nSPS) is 23.2. The van der Waals surface area contributed by atoms with Gasteiger partial charge in [0.05, 0.1) is 36.0 Å². The van der Waals surface area contributed by atoms with Gasteiger partial charge in [0.1, 0.15) is 18.3 Å². The fraction of sp³-hybridized carbons (Fsp3) is 0.233. The Hall–Kier alpha value is -8.41. The maximum Gasteiger partial charge on any atom is 0.371 e. The standard InChI is InChI=1S/C43H34O23/c44-21-3-1-13(6-22(21)45)30-17-10-25(48)34(52)36(18(17)8-20(32(30)39(56)57)43(62)66-37-28(11-29(50)51)63-12-26(49)35(37)53)65-42(61)19-5-14-7-23(46)24(47)9-16(14)31(33(19)40(58)59)15-2-4-27(38(54)55)64-41(15)60/h1-10,26,28,30-33,35,37,44-49,52-53H,11-12H2,(H,50,51)(H,54,55)(H,56,57)(H,58,59)/t26-,28+,30-,31+,32-,33+,35+,37-/m0/s1. The number of ether oxygens (including phenoxy) is 3. The van der Waals surface area contributed by atoms with Gasteiger partial charge in [-0.1, -0.05) is 6.07 Å². The number of carbonyl (C=O) groups excluding carboxylic acids is 2. The topological polar surface area (TPSA) is 403 Å². The summed E-state index contributed by atoms with van der Waals surface area (Å²) >= 11 is 0. The number of carbonyl (C=O) groups is 6. The molecular weight excluding hydrogens is 884 g/mol. The third-order valence-electron chi connectivity index (χ3n) is 11.3. The van der Waals surface area contributed by atoms with Crippen molar-refractivity contribution in [3.05, 3.63) is 109 Å². The maximum absolute atomic E-state index is 14.5. The van der Waals surface area contributed by atoms with Crippen LogP contribution in [0.3, 0.4) is 0 Å². The second-order valence-electron chi connectivity index (χ2n) is 15.2. The van der Waals surface area contributed by atoms with Crippen LogP contribution < -0.4 is 10.4 Å². The molecule has 2 aliphatic carbocycles. The molecule has 1 fully saturated rings. The molecule has 0 radical (unpaired) electrons. The average Bonchev–Trinajstić information content (AvgIpc) is 3.25. The number of hydrogen-bond acceptors (Lipinski definition) is 19. The van der Waals surface area contributed by atoms with E-state index in [2.05, 4.69) is 0 Å². The first-order valence-electron chi connectivity index (χ1n) is 19.1. The second kappa shape index (κ2) is 17.3. The van der Waals surface area contributed by atoms with Gasteiger partial charge in [-0.05, 0) is 76.9 Å². The zero-order valence-electron chi connectivity index (χ0n) is 33.2. The van der Waals surface area contributed by atoms with E-state index in [4.69, 9.17) is 18.6 Å². The van der Waals surface area contributed by atoms with Crippen LogP contribution in [0.2, 0.25) is 0 Å². The zero-order chi connectivity index (χ0) is 48.2. The predicted octanol–water partition coefficient (Wildman–Crippen LogP) is 1.14. The van der Waals surface area contributed by atoms with Crippen molar-refractivity contribution in [1.82, 2.24) is 0 Å². The number of aromatic carboxylic acids is 1.